The lowest BCUT2D eigenvalue weighted by molar-refractivity contribution is 0.0994. The average Bonchev–Trinajstić information content (AvgIpc) is 2.97. The van der Waals surface area contributed by atoms with Gasteiger partial charge < -0.3 is 19.2 Å². The number of rotatable bonds is 5. The van der Waals surface area contributed by atoms with Crippen molar-refractivity contribution < 1.29 is 18.7 Å². The van der Waals surface area contributed by atoms with Crippen LogP contribution in [0.1, 0.15) is 23.2 Å². The molecule has 21 heavy (non-hydrogen) atoms. The molecule has 0 aliphatic rings. The minimum atomic E-state index is -0.364. The van der Waals surface area contributed by atoms with Gasteiger partial charge in [0.2, 0.25) is 0 Å². The standard InChI is InChI=1S/C15H16ClNO4/c1-4-9-5-6-12(21-9)15(18)17-11-8-13(19-2)10(16)7-14(11)20-3/h5-8H,4H2,1-3H3,(H,17,18). The quantitative estimate of drug-likeness (QED) is 0.913. The second kappa shape index (κ2) is 6.54. The van der Waals surface area contributed by atoms with Crippen molar-refractivity contribution in [2.75, 3.05) is 19.5 Å². The number of hydrogen-bond donors (Lipinski definition) is 1. The van der Waals surface area contributed by atoms with E-state index in [1.807, 2.05) is 6.92 Å². The van der Waals surface area contributed by atoms with Crippen molar-refractivity contribution in [2.45, 2.75) is 13.3 Å². The molecule has 0 saturated heterocycles. The summed E-state index contributed by atoms with van der Waals surface area (Å²) in [6.45, 7) is 1.95. The van der Waals surface area contributed by atoms with Gasteiger partial charge in [-0.15, -0.1) is 0 Å². The molecule has 0 radical (unpaired) electrons. The van der Waals surface area contributed by atoms with E-state index in [2.05, 4.69) is 5.32 Å². The van der Waals surface area contributed by atoms with E-state index in [1.54, 1.807) is 24.3 Å². The lowest BCUT2D eigenvalue weighted by Gasteiger charge is -2.12. The van der Waals surface area contributed by atoms with Crippen LogP contribution in [0, 0.1) is 0 Å². The van der Waals surface area contributed by atoms with Gasteiger partial charge in [-0.1, -0.05) is 18.5 Å². The monoisotopic (exact) mass is 309 g/mol. The number of methoxy groups -OCH3 is 2. The number of anilines is 1. The van der Waals surface area contributed by atoms with Gasteiger partial charge in [0.1, 0.15) is 17.3 Å². The lowest BCUT2D eigenvalue weighted by atomic mass is 10.2. The Hall–Kier alpha value is -2.14. The van der Waals surface area contributed by atoms with Crippen molar-refractivity contribution in [1.29, 1.82) is 0 Å². The minimum absolute atomic E-state index is 0.239. The van der Waals surface area contributed by atoms with Gasteiger partial charge >= 0.3 is 0 Å². The molecule has 1 amide bonds. The third kappa shape index (κ3) is 3.31. The Balaban J connectivity index is 2.27. The molecule has 112 valence electrons. The molecule has 1 aromatic carbocycles. The number of furan rings is 1. The van der Waals surface area contributed by atoms with Crippen LogP contribution in [-0.4, -0.2) is 20.1 Å². The van der Waals surface area contributed by atoms with Crippen LogP contribution in [0.4, 0.5) is 5.69 Å². The maximum Gasteiger partial charge on any atom is 0.291 e. The number of halogens is 1. The van der Waals surface area contributed by atoms with Crippen molar-refractivity contribution in [1.82, 2.24) is 0 Å². The van der Waals surface area contributed by atoms with E-state index in [1.165, 1.54) is 14.2 Å². The average molecular weight is 310 g/mol. The molecule has 0 atom stereocenters. The number of aryl methyl sites for hydroxylation is 1. The molecule has 0 aliphatic heterocycles. The third-order valence-corrected chi connectivity index (χ3v) is 3.25. The molecule has 0 saturated carbocycles. The highest BCUT2D eigenvalue weighted by Gasteiger charge is 2.16. The lowest BCUT2D eigenvalue weighted by Crippen LogP contribution is -2.12. The molecular formula is C15H16ClNO4. The first-order valence-corrected chi connectivity index (χ1v) is 6.78. The Morgan fingerprint density at radius 1 is 1.24 bits per heavy atom. The molecule has 5 nitrogen and oxygen atoms in total. The minimum Gasteiger partial charge on any atom is -0.495 e. The maximum atomic E-state index is 12.2. The van der Waals surface area contributed by atoms with Gasteiger partial charge in [-0.2, -0.15) is 0 Å². The topological polar surface area (TPSA) is 60.7 Å². The van der Waals surface area contributed by atoms with Crippen LogP contribution in [0.5, 0.6) is 11.5 Å². The molecule has 0 aliphatic carbocycles. The molecule has 0 spiro atoms. The molecule has 1 aromatic heterocycles. The van der Waals surface area contributed by atoms with E-state index in [0.29, 0.717) is 22.2 Å². The molecule has 2 rings (SSSR count). The molecular weight excluding hydrogens is 294 g/mol. The van der Waals surface area contributed by atoms with E-state index in [9.17, 15) is 4.79 Å². The van der Waals surface area contributed by atoms with E-state index in [0.717, 1.165) is 12.2 Å². The molecule has 1 N–H and O–H groups in total. The Morgan fingerprint density at radius 2 is 1.95 bits per heavy atom. The number of hydrogen-bond acceptors (Lipinski definition) is 4. The zero-order chi connectivity index (χ0) is 15.4. The predicted molar refractivity (Wildman–Crippen MR) is 80.6 cm³/mol. The van der Waals surface area contributed by atoms with Gasteiger partial charge in [0.05, 0.1) is 24.9 Å². The van der Waals surface area contributed by atoms with Crippen molar-refractivity contribution in [3.63, 3.8) is 0 Å². The van der Waals surface area contributed by atoms with Crippen LogP contribution in [-0.2, 0) is 6.42 Å². The number of amides is 1. The Morgan fingerprint density at radius 3 is 2.52 bits per heavy atom. The van der Waals surface area contributed by atoms with Crippen molar-refractivity contribution in [2.24, 2.45) is 0 Å². The Kier molecular flexibility index (Phi) is 4.75. The fourth-order valence-electron chi connectivity index (χ4n) is 1.83. The van der Waals surface area contributed by atoms with E-state index >= 15 is 0 Å². The Labute approximate surface area is 127 Å². The van der Waals surface area contributed by atoms with Crippen molar-refractivity contribution >= 4 is 23.2 Å². The third-order valence-electron chi connectivity index (χ3n) is 2.96. The predicted octanol–water partition coefficient (Wildman–Crippen LogP) is 3.76. The number of ether oxygens (including phenoxy) is 2. The Bertz CT molecular complexity index is 651. The smallest absolute Gasteiger partial charge is 0.291 e. The van der Waals surface area contributed by atoms with Gasteiger partial charge in [0, 0.05) is 18.6 Å². The van der Waals surface area contributed by atoms with E-state index in [4.69, 9.17) is 25.5 Å². The molecule has 0 fully saturated rings. The van der Waals surface area contributed by atoms with Gasteiger partial charge in [-0.3, -0.25) is 4.79 Å². The number of carbonyl (C=O) groups is 1. The van der Waals surface area contributed by atoms with Gasteiger partial charge in [0.15, 0.2) is 5.76 Å². The first kappa shape index (κ1) is 15.3. The number of carbonyl (C=O) groups excluding carboxylic acids is 1. The second-order valence-electron chi connectivity index (χ2n) is 4.26. The number of nitrogens with one attached hydrogen (secondary N) is 1. The first-order valence-electron chi connectivity index (χ1n) is 6.40. The van der Waals surface area contributed by atoms with Crippen LogP contribution in [0.25, 0.3) is 0 Å². The first-order chi connectivity index (χ1) is 10.1. The summed E-state index contributed by atoms with van der Waals surface area (Å²) in [6.07, 6.45) is 0.728. The number of benzene rings is 1. The van der Waals surface area contributed by atoms with Gasteiger partial charge in [-0.05, 0) is 12.1 Å². The summed E-state index contributed by atoms with van der Waals surface area (Å²) >= 11 is 6.02. The summed E-state index contributed by atoms with van der Waals surface area (Å²) in [5, 5.41) is 3.12. The summed E-state index contributed by atoms with van der Waals surface area (Å²) in [7, 11) is 3.00. The summed E-state index contributed by atoms with van der Waals surface area (Å²) < 4.78 is 15.7. The highest BCUT2D eigenvalue weighted by molar-refractivity contribution is 6.32. The molecule has 1 heterocycles. The molecule has 0 unspecified atom stereocenters. The normalized spacial score (nSPS) is 10.3. The molecule has 6 heteroatoms. The zero-order valence-electron chi connectivity index (χ0n) is 12.0. The summed E-state index contributed by atoms with van der Waals surface area (Å²) in [4.78, 5) is 12.2. The van der Waals surface area contributed by atoms with Gasteiger partial charge in [0.25, 0.3) is 5.91 Å². The molecule has 0 bridgehead atoms. The van der Waals surface area contributed by atoms with Crippen LogP contribution >= 0.6 is 11.6 Å². The van der Waals surface area contributed by atoms with Crippen LogP contribution < -0.4 is 14.8 Å². The van der Waals surface area contributed by atoms with Crippen LogP contribution in [0.3, 0.4) is 0 Å². The fourth-order valence-corrected chi connectivity index (χ4v) is 2.06. The van der Waals surface area contributed by atoms with E-state index < -0.39 is 0 Å². The van der Waals surface area contributed by atoms with Crippen molar-refractivity contribution in [3.05, 3.63) is 40.8 Å². The second-order valence-corrected chi connectivity index (χ2v) is 4.67. The SMILES string of the molecule is CCc1ccc(C(=O)Nc2cc(OC)c(Cl)cc2OC)o1. The highest BCUT2D eigenvalue weighted by Crippen LogP contribution is 2.36. The van der Waals surface area contributed by atoms with E-state index in [-0.39, 0.29) is 11.7 Å². The largest absolute Gasteiger partial charge is 0.495 e. The van der Waals surface area contributed by atoms with Crippen LogP contribution in [0.2, 0.25) is 5.02 Å². The zero-order valence-corrected chi connectivity index (χ0v) is 12.8. The summed E-state index contributed by atoms with van der Waals surface area (Å²) in [5.74, 6) is 1.51. The van der Waals surface area contributed by atoms with Crippen LogP contribution in [0.15, 0.2) is 28.7 Å². The molecule has 2 aromatic rings. The maximum absolute atomic E-state index is 12.2. The van der Waals surface area contributed by atoms with Crippen molar-refractivity contribution in [3.8, 4) is 11.5 Å². The summed E-state index contributed by atoms with van der Waals surface area (Å²) in [6, 6.07) is 6.58. The van der Waals surface area contributed by atoms with Gasteiger partial charge in [-0.25, -0.2) is 0 Å². The highest BCUT2D eigenvalue weighted by atomic mass is 35.5. The fraction of sp³-hybridized carbons (Fsp3) is 0.267. The summed E-state index contributed by atoms with van der Waals surface area (Å²) in [5.41, 5.74) is 0.457.